The van der Waals surface area contributed by atoms with E-state index in [1.165, 1.54) is 6.07 Å². The molecule has 2 aromatic rings. The van der Waals surface area contributed by atoms with Crippen molar-refractivity contribution in [1.82, 2.24) is 0 Å². The van der Waals surface area contributed by atoms with Crippen LogP contribution in [0.15, 0.2) is 47.4 Å². The summed E-state index contributed by atoms with van der Waals surface area (Å²) in [5, 5.41) is 0.131. The fourth-order valence-corrected chi connectivity index (χ4v) is 2.93. The van der Waals surface area contributed by atoms with E-state index in [0.717, 1.165) is 17.7 Å². The van der Waals surface area contributed by atoms with E-state index in [4.69, 9.17) is 17.3 Å². The fraction of sp³-hybridized carbons (Fsp3) is 0.0769. The molecule has 0 saturated heterocycles. The molecule has 106 valence electrons. The lowest BCUT2D eigenvalue weighted by molar-refractivity contribution is 0.570. The van der Waals surface area contributed by atoms with E-state index in [-0.39, 0.29) is 11.6 Å². The maximum atomic E-state index is 13.7. The molecule has 0 amide bonds. The first-order valence-corrected chi connectivity index (χ1v) is 7.55. The lowest BCUT2D eigenvalue weighted by Crippen LogP contribution is -2.14. The molecule has 0 fully saturated rings. The molecule has 0 aliphatic carbocycles. The van der Waals surface area contributed by atoms with Crippen LogP contribution < -0.4 is 10.5 Å². The van der Waals surface area contributed by atoms with Gasteiger partial charge in [-0.05, 0) is 35.9 Å². The molecule has 7 heteroatoms. The zero-order valence-corrected chi connectivity index (χ0v) is 11.9. The summed E-state index contributed by atoms with van der Waals surface area (Å²) >= 11 is 5.60. The maximum Gasteiger partial charge on any atom is 0.264 e. The Hall–Kier alpha value is -1.63. The van der Waals surface area contributed by atoms with Gasteiger partial charge in [-0.1, -0.05) is 23.7 Å². The van der Waals surface area contributed by atoms with Crippen LogP contribution in [-0.4, -0.2) is 8.42 Å². The van der Waals surface area contributed by atoms with Crippen LogP contribution in [0.4, 0.5) is 10.1 Å². The summed E-state index contributed by atoms with van der Waals surface area (Å²) in [7, 11) is -4.01. The molecular formula is C13H12ClFN2O2S. The van der Waals surface area contributed by atoms with Crippen LogP contribution in [0.25, 0.3) is 0 Å². The third kappa shape index (κ3) is 3.27. The molecule has 20 heavy (non-hydrogen) atoms. The minimum Gasteiger partial charge on any atom is -0.326 e. The van der Waals surface area contributed by atoms with Crippen LogP contribution >= 0.6 is 11.6 Å². The van der Waals surface area contributed by atoms with Crippen molar-refractivity contribution in [3.63, 3.8) is 0 Å². The molecule has 2 aromatic carbocycles. The van der Waals surface area contributed by atoms with Crippen molar-refractivity contribution in [2.45, 2.75) is 11.4 Å². The van der Waals surface area contributed by atoms with Gasteiger partial charge in [0.15, 0.2) is 0 Å². The number of benzene rings is 2. The first kappa shape index (κ1) is 14.8. The van der Waals surface area contributed by atoms with Crippen LogP contribution in [0.5, 0.6) is 0 Å². The second kappa shape index (κ2) is 5.78. The van der Waals surface area contributed by atoms with Gasteiger partial charge < -0.3 is 5.73 Å². The zero-order chi connectivity index (χ0) is 14.8. The lowest BCUT2D eigenvalue weighted by Gasteiger charge is -2.10. The van der Waals surface area contributed by atoms with E-state index in [0.29, 0.717) is 5.69 Å². The molecule has 0 aliphatic rings. The van der Waals surface area contributed by atoms with Crippen LogP contribution in [0, 0.1) is 5.82 Å². The Morgan fingerprint density at radius 1 is 1.20 bits per heavy atom. The van der Waals surface area contributed by atoms with Gasteiger partial charge in [0.1, 0.15) is 10.7 Å². The number of nitrogens with two attached hydrogens (primary N) is 1. The molecule has 0 saturated carbocycles. The van der Waals surface area contributed by atoms with E-state index >= 15 is 0 Å². The molecule has 3 N–H and O–H groups in total. The first-order chi connectivity index (χ1) is 9.42. The number of halogens is 2. The van der Waals surface area contributed by atoms with Gasteiger partial charge in [0.2, 0.25) is 0 Å². The van der Waals surface area contributed by atoms with Gasteiger partial charge in [-0.3, -0.25) is 4.72 Å². The summed E-state index contributed by atoms with van der Waals surface area (Å²) < 4.78 is 40.2. The number of sulfonamides is 1. The van der Waals surface area contributed by atoms with Gasteiger partial charge in [-0.25, -0.2) is 12.8 Å². The summed E-state index contributed by atoms with van der Waals surface area (Å²) in [6.07, 6.45) is 0. The minimum atomic E-state index is -4.01. The predicted octanol–water partition coefficient (Wildman–Crippen LogP) is 2.74. The Morgan fingerprint density at radius 2 is 1.95 bits per heavy atom. The summed E-state index contributed by atoms with van der Waals surface area (Å²) in [5.41, 5.74) is 6.57. The Labute approximate surface area is 121 Å². The second-order valence-electron chi connectivity index (χ2n) is 4.08. The highest BCUT2D eigenvalue weighted by Gasteiger charge is 2.19. The second-order valence-corrected chi connectivity index (χ2v) is 6.17. The summed E-state index contributed by atoms with van der Waals surface area (Å²) in [5.74, 6) is -0.903. The van der Waals surface area contributed by atoms with E-state index in [2.05, 4.69) is 4.72 Å². The minimum absolute atomic E-state index is 0.131. The molecule has 0 spiro atoms. The van der Waals surface area contributed by atoms with Crippen molar-refractivity contribution in [2.24, 2.45) is 5.73 Å². The molecule has 4 nitrogen and oxygen atoms in total. The molecule has 0 aliphatic heterocycles. The van der Waals surface area contributed by atoms with Gasteiger partial charge in [0.05, 0.1) is 0 Å². The SMILES string of the molecule is NCc1cccc(NS(=O)(=O)c2ccc(Cl)cc2F)c1. The van der Waals surface area contributed by atoms with Crippen molar-refractivity contribution < 1.29 is 12.8 Å². The van der Waals surface area contributed by atoms with Gasteiger partial charge in [-0.2, -0.15) is 0 Å². The van der Waals surface area contributed by atoms with Gasteiger partial charge >= 0.3 is 0 Å². The largest absolute Gasteiger partial charge is 0.326 e. The molecule has 2 rings (SSSR count). The topological polar surface area (TPSA) is 72.2 Å². The zero-order valence-electron chi connectivity index (χ0n) is 10.3. The number of hydrogen-bond donors (Lipinski definition) is 2. The van der Waals surface area contributed by atoms with E-state index in [1.54, 1.807) is 24.3 Å². The molecule has 0 bridgehead atoms. The Balaban J connectivity index is 2.35. The maximum absolute atomic E-state index is 13.7. The molecule has 0 unspecified atom stereocenters. The van der Waals surface area contributed by atoms with Crippen LogP contribution in [0.1, 0.15) is 5.56 Å². The van der Waals surface area contributed by atoms with Crippen molar-refractivity contribution in [3.05, 3.63) is 58.9 Å². The smallest absolute Gasteiger partial charge is 0.264 e. The molecular weight excluding hydrogens is 303 g/mol. The first-order valence-electron chi connectivity index (χ1n) is 5.69. The van der Waals surface area contributed by atoms with Gasteiger partial charge in [0.25, 0.3) is 10.0 Å². The van der Waals surface area contributed by atoms with E-state index in [1.807, 2.05) is 0 Å². The standard InChI is InChI=1S/C13H12ClFN2O2S/c14-10-4-5-13(12(15)7-10)20(18,19)17-11-3-1-2-9(6-11)8-16/h1-7,17H,8,16H2. The molecule has 0 heterocycles. The van der Waals surface area contributed by atoms with Gasteiger partial charge in [0, 0.05) is 17.3 Å². The Morgan fingerprint density at radius 3 is 2.60 bits per heavy atom. The van der Waals surface area contributed by atoms with Crippen molar-refractivity contribution in [3.8, 4) is 0 Å². The molecule has 0 radical (unpaired) electrons. The average Bonchev–Trinajstić information content (AvgIpc) is 2.37. The van der Waals surface area contributed by atoms with Crippen LogP contribution in [-0.2, 0) is 16.6 Å². The monoisotopic (exact) mass is 314 g/mol. The third-order valence-electron chi connectivity index (χ3n) is 2.60. The highest BCUT2D eigenvalue weighted by molar-refractivity contribution is 7.92. The third-order valence-corrected chi connectivity index (χ3v) is 4.25. The number of hydrogen-bond acceptors (Lipinski definition) is 3. The van der Waals surface area contributed by atoms with Gasteiger partial charge in [-0.15, -0.1) is 0 Å². The summed E-state index contributed by atoms with van der Waals surface area (Å²) in [6.45, 7) is 0.283. The van der Waals surface area contributed by atoms with E-state index in [9.17, 15) is 12.8 Å². The van der Waals surface area contributed by atoms with E-state index < -0.39 is 20.7 Å². The Bertz CT molecular complexity index is 735. The average molecular weight is 315 g/mol. The highest BCUT2D eigenvalue weighted by Crippen LogP contribution is 2.22. The highest BCUT2D eigenvalue weighted by atomic mass is 35.5. The number of rotatable bonds is 4. The predicted molar refractivity (Wildman–Crippen MR) is 76.6 cm³/mol. The van der Waals surface area contributed by atoms with Crippen molar-refractivity contribution >= 4 is 27.3 Å². The summed E-state index contributed by atoms with van der Waals surface area (Å²) in [6, 6.07) is 9.96. The van der Waals surface area contributed by atoms with Crippen LogP contribution in [0.2, 0.25) is 5.02 Å². The van der Waals surface area contributed by atoms with Crippen molar-refractivity contribution in [1.29, 1.82) is 0 Å². The number of anilines is 1. The van der Waals surface area contributed by atoms with Crippen molar-refractivity contribution in [2.75, 3.05) is 4.72 Å². The summed E-state index contributed by atoms with van der Waals surface area (Å²) in [4.78, 5) is -0.458. The Kier molecular flexibility index (Phi) is 4.27. The lowest BCUT2D eigenvalue weighted by atomic mass is 10.2. The van der Waals surface area contributed by atoms with Crippen LogP contribution in [0.3, 0.4) is 0 Å². The molecule has 0 aromatic heterocycles. The molecule has 0 atom stereocenters. The quantitative estimate of drug-likeness (QED) is 0.911. The number of nitrogens with one attached hydrogen (secondary N) is 1. The normalized spacial score (nSPS) is 11.3. The fourth-order valence-electron chi connectivity index (χ4n) is 1.67.